The molecule has 1 amide bonds. The molecule has 1 saturated heterocycles. The summed E-state index contributed by atoms with van der Waals surface area (Å²) in [4.78, 5) is 26.5. The molecule has 212 valence electrons. The number of nitrogens with zero attached hydrogens (tertiary/aromatic N) is 7. The van der Waals surface area contributed by atoms with Crippen molar-refractivity contribution in [1.82, 2.24) is 39.7 Å². The van der Waals surface area contributed by atoms with Gasteiger partial charge in [0.05, 0.1) is 30.8 Å². The molecule has 14 nitrogen and oxygen atoms in total. The maximum Gasteiger partial charge on any atom is 0.292 e. The first-order chi connectivity index (χ1) is 18.9. The molecule has 40 heavy (non-hydrogen) atoms. The molecule has 1 atom stereocenters. The predicted molar refractivity (Wildman–Crippen MR) is 144 cm³/mol. The van der Waals surface area contributed by atoms with Gasteiger partial charge in [0.15, 0.2) is 21.1 Å². The third kappa shape index (κ3) is 4.91. The average molecular weight is 570 g/mol. The Morgan fingerprint density at radius 1 is 1.27 bits per heavy atom. The molecule has 1 aliphatic rings. The van der Waals surface area contributed by atoms with Crippen molar-refractivity contribution >= 4 is 27.2 Å². The minimum atomic E-state index is -3.77. The van der Waals surface area contributed by atoms with E-state index in [9.17, 15) is 18.3 Å². The van der Waals surface area contributed by atoms with E-state index in [2.05, 4.69) is 25.3 Å². The standard InChI is InChI=1S/C25H31N9O5S/c1-14(2)33(24(35)22-28-13-29-32-22)15(3)5-7-18-20(40(4,37)38)21(26)34-23(31-18)17(10-30-34)16-6-8-19(27-9-16)25(36)11-39-12-25/h6,8-10,13-15,36H,5,7,11-12,26H2,1-4H3,(H,28,29,32)/t15-/m1/s1. The van der Waals surface area contributed by atoms with Crippen LogP contribution in [0.4, 0.5) is 5.82 Å². The Morgan fingerprint density at radius 3 is 2.58 bits per heavy atom. The van der Waals surface area contributed by atoms with E-state index >= 15 is 0 Å². The van der Waals surface area contributed by atoms with E-state index < -0.39 is 15.4 Å². The average Bonchev–Trinajstić information content (AvgIpc) is 3.56. The number of hydrogen-bond donors (Lipinski definition) is 3. The second-order valence-electron chi connectivity index (χ2n) is 10.3. The van der Waals surface area contributed by atoms with Crippen molar-refractivity contribution in [3.63, 3.8) is 0 Å². The number of aromatic nitrogens is 7. The van der Waals surface area contributed by atoms with Gasteiger partial charge in [0, 0.05) is 35.7 Å². The Kier molecular flexibility index (Phi) is 7.06. The Labute approximate surface area is 230 Å². The van der Waals surface area contributed by atoms with E-state index in [1.807, 2.05) is 20.8 Å². The lowest BCUT2D eigenvalue weighted by molar-refractivity contribution is -0.186. The van der Waals surface area contributed by atoms with Crippen LogP contribution >= 0.6 is 0 Å². The summed E-state index contributed by atoms with van der Waals surface area (Å²) in [6.45, 7) is 6.03. The van der Waals surface area contributed by atoms with E-state index in [0.717, 1.165) is 6.26 Å². The number of pyridine rings is 1. The summed E-state index contributed by atoms with van der Waals surface area (Å²) < 4.78 is 32.1. The molecule has 0 unspecified atom stereocenters. The molecule has 0 bridgehead atoms. The molecule has 0 radical (unpaired) electrons. The highest BCUT2D eigenvalue weighted by Gasteiger charge is 2.39. The van der Waals surface area contributed by atoms with Crippen LogP contribution in [-0.2, 0) is 26.6 Å². The van der Waals surface area contributed by atoms with Crippen LogP contribution in [0.2, 0.25) is 0 Å². The summed E-state index contributed by atoms with van der Waals surface area (Å²) in [5.74, 6) is -0.231. The van der Waals surface area contributed by atoms with Gasteiger partial charge < -0.3 is 25.5 Å². The number of carbonyl (C=O) groups excluding carboxylic acids is 1. The van der Waals surface area contributed by atoms with E-state index in [0.29, 0.717) is 28.9 Å². The fourth-order valence-corrected chi connectivity index (χ4v) is 6.00. The van der Waals surface area contributed by atoms with Crippen LogP contribution in [0, 0.1) is 0 Å². The van der Waals surface area contributed by atoms with Gasteiger partial charge in [-0.2, -0.15) is 9.61 Å². The highest BCUT2D eigenvalue weighted by molar-refractivity contribution is 7.91. The summed E-state index contributed by atoms with van der Waals surface area (Å²) in [7, 11) is -3.77. The molecule has 15 heteroatoms. The maximum atomic E-state index is 13.1. The number of ether oxygens (including phenoxy) is 1. The largest absolute Gasteiger partial charge is 0.382 e. The van der Waals surface area contributed by atoms with E-state index in [1.165, 1.54) is 10.8 Å². The second kappa shape index (κ2) is 10.2. The van der Waals surface area contributed by atoms with Crippen LogP contribution in [0.15, 0.2) is 35.7 Å². The summed E-state index contributed by atoms with van der Waals surface area (Å²) in [5, 5.41) is 22.3. The molecule has 0 spiro atoms. The molecular formula is C25H31N9O5S. The molecule has 5 rings (SSSR count). The van der Waals surface area contributed by atoms with Crippen molar-refractivity contribution in [2.75, 3.05) is 25.2 Å². The minimum Gasteiger partial charge on any atom is -0.382 e. The smallest absolute Gasteiger partial charge is 0.292 e. The Bertz CT molecular complexity index is 1650. The van der Waals surface area contributed by atoms with Crippen LogP contribution in [0.3, 0.4) is 0 Å². The van der Waals surface area contributed by atoms with Gasteiger partial charge in [0.1, 0.15) is 17.0 Å². The van der Waals surface area contributed by atoms with Crippen molar-refractivity contribution in [3.05, 3.63) is 48.1 Å². The van der Waals surface area contributed by atoms with Crippen molar-refractivity contribution < 1.29 is 23.1 Å². The number of aryl methyl sites for hydroxylation is 1. The Hall–Kier alpha value is -3.95. The van der Waals surface area contributed by atoms with Gasteiger partial charge in [-0.1, -0.05) is 6.07 Å². The number of anilines is 1. The Balaban J connectivity index is 1.49. The highest BCUT2D eigenvalue weighted by atomic mass is 32.2. The van der Waals surface area contributed by atoms with Crippen LogP contribution in [0.5, 0.6) is 0 Å². The van der Waals surface area contributed by atoms with Crippen LogP contribution in [0.1, 0.15) is 49.2 Å². The summed E-state index contributed by atoms with van der Waals surface area (Å²) in [6.07, 6.45) is 6.20. The number of hydrogen-bond acceptors (Lipinski definition) is 11. The number of nitrogens with two attached hydrogens (primary N) is 1. The fourth-order valence-electron chi connectivity index (χ4n) is 4.96. The molecule has 4 aromatic heterocycles. The van der Waals surface area contributed by atoms with Gasteiger partial charge in [-0.05, 0) is 39.7 Å². The molecule has 1 fully saturated rings. The van der Waals surface area contributed by atoms with Gasteiger partial charge in [-0.15, -0.1) is 10.2 Å². The number of carbonyl (C=O) groups is 1. The van der Waals surface area contributed by atoms with Gasteiger partial charge in [0.25, 0.3) is 5.91 Å². The number of fused-ring (bicyclic) bond motifs is 1. The SMILES string of the molecule is CC(C)N(C(=O)c1nnc[nH]1)[C@H](C)CCc1nc2c(-c3ccc(C4(O)COC4)nc3)cnn2c(N)c1S(C)(=O)=O. The quantitative estimate of drug-likeness (QED) is 0.260. The van der Waals surface area contributed by atoms with E-state index in [4.69, 9.17) is 15.5 Å². The third-order valence-electron chi connectivity index (χ3n) is 7.00. The molecule has 0 aliphatic carbocycles. The molecule has 0 aromatic carbocycles. The molecule has 0 saturated carbocycles. The number of nitrogens with one attached hydrogen (secondary N) is 1. The topological polar surface area (TPSA) is 195 Å². The van der Waals surface area contributed by atoms with Gasteiger partial charge in [0.2, 0.25) is 5.82 Å². The number of aliphatic hydroxyl groups is 1. The van der Waals surface area contributed by atoms with Crippen molar-refractivity contribution in [2.45, 2.75) is 56.2 Å². The number of amides is 1. The van der Waals surface area contributed by atoms with Crippen molar-refractivity contribution in [2.24, 2.45) is 0 Å². The number of sulfone groups is 1. The minimum absolute atomic E-state index is 0.0506. The zero-order valence-electron chi connectivity index (χ0n) is 22.6. The van der Waals surface area contributed by atoms with Crippen LogP contribution < -0.4 is 5.73 Å². The first-order valence-corrected chi connectivity index (χ1v) is 14.6. The number of H-pyrrole nitrogens is 1. The third-order valence-corrected chi connectivity index (χ3v) is 8.18. The molecular weight excluding hydrogens is 538 g/mol. The fraction of sp³-hybridized carbons (Fsp3) is 0.440. The highest BCUT2D eigenvalue weighted by Crippen LogP contribution is 2.32. The van der Waals surface area contributed by atoms with Crippen molar-refractivity contribution in [1.29, 1.82) is 0 Å². The predicted octanol–water partition coefficient (Wildman–Crippen LogP) is 0.985. The second-order valence-corrected chi connectivity index (χ2v) is 12.3. The molecule has 1 aliphatic heterocycles. The molecule has 5 heterocycles. The lowest BCUT2D eigenvalue weighted by Gasteiger charge is -2.35. The first-order valence-electron chi connectivity index (χ1n) is 12.7. The van der Waals surface area contributed by atoms with Crippen molar-refractivity contribution in [3.8, 4) is 11.1 Å². The molecule has 4 N–H and O–H groups in total. The summed E-state index contributed by atoms with van der Waals surface area (Å²) in [6, 6.07) is 3.06. The van der Waals surface area contributed by atoms with Gasteiger partial charge in [-0.25, -0.2) is 13.4 Å². The monoisotopic (exact) mass is 569 g/mol. The molecule has 4 aromatic rings. The van der Waals surface area contributed by atoms with Crippen LogP contribution in [-0.4, -0.2) is 90.6 Å². The number of nitrogen functional groups attached to an aromatic ring is 1. The first kappa shape index (κ1) is 27.6. The Morgan fingerprint density at radius 2 is 2.02 bits per heavy atom. The lowest BCUT2D eigenvalue weighted by Crippen LogP contribution is -2.47. The van der Waals surface area contributed by atoms with E-state index in [-0.39, 0.29) is 59.9 Å². The zero-order chi connectivity index (χ0) is 28.8. The van der Waals surface area contributed by atoms with Crippen LogP contribution in [0.25, 0.3) is 16.8 Å². The lowest BCUT2D eigenvalue weighted by atomic mass is 9.96. The maximum absolute atomic E-state index is 13.1. The van der Waals surface area contributed by atoms with Gasteiger partial charge in [-0.3, -0.25) is 9.78 Å². The summed E-state index contributed by atoms with van der Waals surface area (Å²) >= 11 is 0. The summed E-state index contributed by atoms with van der Waals surface area (Å²) in [5.41, 5.74) is 7.68. The zero-order valence-corrected chi connectivity index (χ0v) is 23.4. The normalized spacial score (nSPS) is 15.8. The number of rotatable bonds is 9. The van der Waals surface area contributed by atoms with E-state index in [1.54, 1.807) is 29.4 Å². The van der Waals surface area contributed by atoms with Gasteiger partial charge >= 0.3 is 0 Å². The number of aromatic amines is 1.